The van der Waals surface area contributed by atoms with Gasteiger partial charge >= 0.3 is 6.61 Å². The SMILES string of the molecule is O=C(CSc1nc2ccccc2c(=O)n1C1CCCC1)c1ccc(OC(F)F)cc1. The molecule has 0 unspecified atom stereocenters. The molecule has 1 fully saturated rings. The van der Waals surface area contributed by atoms with Gasteiger partial charge in [0.2, 0.25) is 0 Å². The van der Waals surface area contributed by atoms with Crippen LogP contribution in [0.2, 0.25) is 0 Å². The van der Waals surface area contributed by atoms with E-state index < -0.39 is 6.61 Å². The number of ether oxygens (including phenoxy) is 1. The lowest BCUT2D eigenvalue weighted by molar-refractivity contribution is -0.0498. The summed E-state index contributed by atoms with van der Waals surface area (Å²) in [4.78, 5) is 30.4. The number of benzene rings is 2. The Kier molecular flexibility index (Phi) is 6.13. The van der Waals surface area contributed by atoms with Crippen LogP contribution in [0.4, 0.5) is 8.78 Å². The first-order valence-corrected chi connectivity index (χ1v) is 10.7. The zero-order valence-electron chi connectivity index (χ0n) is 16.1. The third-order valence-corrected chi connectivity index (χ3v) is 6.15. The molecule has 0 aliphatic heterocycles. The molecule has 0 saturated heterocycles. The van der Waals surface area contributed by atoms with Gasteiger partial charge in [0.15, 0.2) is 10.9 Å². The Bertz CT molecular complexity index is 1110. The summed E-state index contributed by atoms with van der Waals surface area (Å²) in [7, 11) is 0. The van der Waals surface area contributed by atoms with Crippen molar-refractivity contribution in [2.75, 3.05) is 5.75 Å². The van der Waals surface area contributed by atoms with Gasteiger partial charge in [0.05, 0.1) is 16.7 Å². The van der Waals surface area contributed by atoms with Gasteiger partial charge < -0.3 is 4.74 Å². The van der Waals surface area contributed by atoms with Crippen molar-refractivity contribution in [2.45, 2.75) is 43.5 Å². The first-order valence-electron chi connectivity index (χ1n) is 9.75. The van der Waals surface area contributed by atoms with Crippen molar-refractivity contribution in [2.24, 2.45) is 0 Å². The summed E-state index contributed by atoms with van der Waals surface area (Å²) in [6, 6.07) is 12.9. The highest BCUT2D eigenvalue weighted by atomic mass is 32.2. The second kappa shape index (κ2) is 8.95. The lowest BCUT2D eigenvalue weighted by Crippen LogP contribution is -2.26. The summed E-state index contributed by atoms with van der Waals surface area (Å²) < 4.78 is 30.6. The molecule has 1 saturated carbocycles. The van der Waals surface area contributed by atoms with Crippen molar-refractivity contribution in [3.63, 3.8) is 0 Å². The first kappa shape index (κ1) is 20.5. The minimum absolute atomic E-state index is 0.000436. The number of ketones is 1. The van der Waals surface area contributed by atoms with Crippen molar-refractivity contribution >= 4 is 28.4 Å². The Balaban J connectivity index is 1.58. The molecule has 2 aromatic carbocycles. The molecule has 1 aliphatic rings. The van der Waals surface area contributed by atoms with Crippen LogP contribution in [-0.2, 0) is 0 Å². The number of carbonyl (C=O) groups excluding carboxylic acids is 1. The number of thioether (sulfide) groups is 1. The Morgan fingerprint density at radius 2 is 1.83 bits per heavy atom. The van der Waals surface area contributed by atoms with Crippen LogP contribution in [0.25, 0.3) is 10.9 Å². The monoisotopic (exact) mass is 430 g/mol. The molecule has 156 valence electrons. The quantitative estimate of drug-likeness (QED) is 0.297. The van der Waals surface area contributed by atoms with E-state index in [9.17, 15) is 18.4 Å². The number of hydrogen-bond donors (Lipinski definition) is 0. The smallest absolute Gasteiger partial charge is 0.387 e. The summed E-state index contributed by atoms with van der Waals surface area (Å²) in [5.74, 6) is -0.0866. The third-order valence-electron chi connectivity index (χ3n) is 5.20. The van der Waals surface area contributed by atoms with Gasteiger partial charge in [-0.1, -0.05) is 36.7 Å². The normalized spacial score (nSPS) is 14.5. The maximum atomic E-state index is 13.1. The van der Waals surface area contributed by atoms with Gasteiger partial charge in [-0.3, -0.25) is 14.2 Å². The maximum absolute atomic E-state index is 13.1. The number of nitrogens with zero attached hydrogens (tertiary/aromatic N) is 2. The van der Waals surface area contributed by atoms with E-state index in [1.165, 1.54) is 36.0 Å². The molecule has 8 heteroatoms. The predicted molar refractivity (Wildman–Crippen MR) is 112 cm³/mol. The zero-order chi connectivity index (χ0) is 21.1. The molecule has 0 spiro atoms. The Morgan fingerprint density at radius 3 is 2.53 bits per heavy atom. The number of aromatic nitrogens is 2. The highest BCUT2D eigenvalue weighted by molar-refractivity contribution is 7.99. The van der Waals surface area contributed by atoms with Gasteiger partial charge in [-0.2, -0.15) is 8.78 Å². The van der Waals surface area contributed by atoms with Crippen molar-refractivity contribution < 1.29 is 18.3 Å². The fourth-order valence-corrected chi connectivity index (χ4v) is 4.71. The second-order valence-electron chi connectivity index (χ2n) is 7.14. The van der Waals surface area contributed by atoms with E-state index >= 15 is 0 Å². The van der Waals surface area contributed by atoms with Crippen LogP contribution in [0.5, 0.6) is 5.75 Å². The highest BCUT2D eigenvalue weighted by Gasteiger charge is 2.23. The van der Waals surface area contributed by atoms with E-state index in [4.69, 9.17) is 0 Å². The molecule has 0 bridgehead atoms. The fraction of sp³-hybridized carbons (Fsp3) is 0.318. The molecule has 1 aromatic heterocycles. The molecule has 0 N–H and O–H groups in total. The summed E-state index contributed by atoms with van der Waals surface area (Å²) in [6.45, 7) is -2.91. The van der Waals surface area contributed by atoms with Crippen LogP contribution < -0.4 is 10.3 Å². The van der Waals surface area contributed by atoms with Gasteiger partial charge in [-0.05, 0) is 49.2 Å². The molecule has 0 radical (unpaired) electrons. The molecule has 3 aromatic rings. The van der Waals surface area contributed by atoms with Crippen LogP contribution in [0, 0.1) is 0 Å². The summed E-state index contributed by atoms with van der Waals surface area (Å²) in [6.07, 6.45) is 3.99. The van der Waals surface area contributed by atoms with E-state index in [0.29, 0.717) is 21.6 Å². The van der Waals surface area contributed by atoms with Crippen molar-refractivity contribution in [3.8, 4) is 5.75 Å². The largest absolute Gasteiger partial charge is 0.435 e. The number of halogens is 2. The van der Waals surface area contributed by atoms with Crippen molar-refractivity contribution in [1.82, 2.24) is 9.55 Å². The van der Waals surface area contributed by atoms with E-state index in [2.05, 4.69) is 9.72 Å². The fourth-order valence-electron chi connectivity index (χ4n) is 3.75. The van der Waals surface area contributed by atoms with E-state index in [1.54, 1.807) is 16.7 Å². The first-order chi connectivity index (χ1) is 14.5. The van der Waals surface area contributed by atoms with Gasteiger partial charge in [0.25, 0.3) is 5.56 Å². The summed E-state index contributed by atoms with van der Waals surface area (Å²) in [5.41, 5.74) is 0.927. The molecular formula is C22H20F2N2O3S. The van der Waals surface area contributed by atoms with Crippen LogP contribution in [0.3, 0.4) is 0 Å². The standard InChI is InChI=1S/C22H20F2N2O3S/c23-21(24)29-16-11-9-14(10-12-16)19(27)13-30-22-25-18-8-4-3-7-17(18)20(28)26(22)15-5-1-2-6-15/h3-4,7-12,15,21H,1-2,5-6,13H2. The number of Topliss-reactive ketones (excluding diaryl/α,β-unsaturated/α-hetero) is 1. The van der Waals surface area contributed by atoms with Gasteiger partial charge in [-0.15, -0.1) is 0 Å². The van der Waals surface area contributed by atoms with Crippen LogP contribution >= 0.6 is 11.8 Å². The summed E-state index contributed by atoms with van der Waals surface area (Å²) >= 11 is 1.23. The van der Waals surface area contributed by atoms with Gasteiger partial charge in [-0.25, -0.2) is 4.98 Å². The molecule has 4 rings (SSSR count). The highest BCUT2D eigenvalue weighted by Crippen LogP contribution is 2.32. The Hall–Kier alpha value is -2.74. The minimum Gasteiger partial charge on any atom is -0.435 e. The number of hydrogen-bond acceptors (Lipinski definition) is 5. The van der Waals surface area contributed by atoms with E-state index in [0.717, 1.165) is 25.7 Å². The molecule has 1 heterocycles. The average molecular weight is 430 g/mol. The Morgan fingerprint density at radius 1 is 1.13 bits per heavy atom. The van der Waals surface area contributed by atoms with Gasteiger partial charge in [0, 0.05) is 11.6 Å². The molecule has 30 heavy (non-hydrogen) atoms. The number of rotatable bonds is 7. The zero-order valence-corrected chi connectivity index (χ0v) is 16.9. The third kappa shape index (κ3) is 4.38. The number of alkyl halides is 2. The van der Waals surface area contributed by atoms with Crippen LogP contribution in [-0.4, -0.2) is 27.7 Å². The lowest BCUT2D eigenvalue weighted by Gasteiger charge is -2.18. The van der Waals surface area contributed by atoms with Crippen LogP contribution in [0.1, 0.15) is 42.1 Å². The van der Waals surface area contributed by atoms with Crippen LogP contribution in [0.15, 0.2) is 58.5 Å². The predicted octanol–water partition coefficient (Wildman–Crippen LogP) is 5.09. The topological polar surface area (TPSA) is 61.2 Å². The lowest BCUT2D eigenvalue weighted by atomic mass is 10.1. The van der Waals surface area contributed by atoms with Crippen molar-refractivity contribution in [1.29, 1.82) is 0 Å². The minimum atomic E-state index is -2.91. The second-order valence-corrected chi connectivity index (χ2v) is 8.08. The Labute approximate surface area is 176 Å². The molecule has 5 nitrogen and oxygen atoms in total. The maximum Gasteiger partial charge on any atom is 0.387 e. The van der Waals surface area contributed by atoms with E-state index in [1.807, 2.05) is 12.1 Å². The average Bonchev–Trinajstić information content (AvgIpc) is 3.26. The number of carbonyl (C=O) groups is 1. The molecule has 0 atom stereocenters. The molecule has 0 amide bonds. The molecular weight excluding hydrogens is 410 g/mol. The molecule has 1 aliphatic carbocycles. The summed E-state index contributed by atoms with van der Waals surface area (Å²) in [5, 5.41) is 1.12. The van der Waals surface area contributed by atoms with E-state index in [-0.39, 0.29) is 28.9 Å². The van der Waals surface area contributed by atoms with Gasteiger partial charge in [0.1, 0.15) is 5.75 Å². The van der Waals surface area contributed by atoms with Crippen molar-refractivity contribution in [3.05, 3.63) is 64.4 Å². The number of fused-ring (bicyclic) bond motifs is 1. The number of para-hydroxylation sites is 1.